The average Bonchev–Trinajstić information content (AvgIpc) is 3.09. The standard InChI is InChI=1S/C17H22N4O2/c1-2-14-5-3-4-12-21(14)16(22)7-6-15-19-17(20-23-15)13-8-10-18-11-9-13/h8-11,14H,2-7,12H2,1H3/t14-/m1/s1. The summed E-state index contributed by atoms with van der Waals surface area (Å²) in [5, 5.41) is 3.97. The zero-order valence-corrected chi connectivity index (χ0v) is 13.4. The van der Waals surface area contributed by atoms with Crippen LogP contribution >= 0.6 is 0 Å². The Labute approximate surface area is 135 Å². The Hall–Kier alpha value is -2.24. The first-order valence-corrected chi connectivity index (χ1v) is 8.30. The van der Waals surface area contributed by atoms with Gasteiger partial charge in [-0.2, -0.15) is 4.98 Å². The van der Waals surface area contributed by atoms with Crippen molar-refractivity contribution in [2.24, 2.45) is 0 Å². The van der Waals surface area contributed by atoms with Crippen LogP contribution in [-0.2, 0) is 11.2 Å². The van der Waals surface area contributed by atoms with E-state index in [2.05, 4.69) is 22.0 Å². The summed E-state index contributed by atoms with van der Waals surface area (Å²) in [7, 11) is 0. The molecule has 1 atom stereocenters. The highest BCUT2D eigenvalue weighted by Crippen LogP contribution is 2.21. The number of piperidine rings is 1. The van der Waals surface area contributed by atoms with Crippen LogP contribution in [0.2, 0.25) is 0 Å². The molecule has 1 aliphatic heterocycles. The van der Waals surface area contributed by atoms with Crippen LogP contribution < -0.4 is 0 Å². The van der Waals surface area contributed by atoms with E-state index in [1.807, 2.05) is 17.0 Å². The van der Waals surface area contributed by atoms with E-state index in [4.69, 9.17) is 4.52 Å². The molecule has 2 aromatic rings. The van der Waals surface area contributed by atoms with Crippen molar-refractivity contribution >= 4 is 5.91 Å². The molecule has 1 amide bonds. The second-order valence-electron chi connectivity index (χ2n) is 5.89. The van der Waals surface area contributed by atoms with Crippen LogP contribution in [0.1, 0.15) is 44.9 Å². The monoisotopic (exact) mass is 314 g/mol. The van der Waals surface area contributed by atoms with Gasteiger partial charge >= 0.3 is 0 Å². The molecule has 0 aromatic carbocycles. The number of carbonyl (C=O) groups excluding carboxylic acids is 1. The maximum absolute atomic E-state index is 12.4. The molecule has 2 aromatic heterocycles. The molecule has 0 bridgehead atoms. The molecule has 1 fully saturated rings. The zero-order valence-electron chi connectivity index (χ0n) is 13.4. The lowest BCUT2D eigenvalue weighted by molar-refractivity contribution is -0.135. The molecule has 0 radical (unpaired) electrons. The van der Waals surface area contributed by atoms with E-state index in [0.717, 1.165) is 31.4 Å². The number of aryl methyl sites for hydroxylation is 1. The number of hydrogen-bond acceptors (Lipinski definition) is 5. The Balaban J connectivity index is 1.58. The first-order valence-electron chi connectivity index (χ1n) is 8.30. The van der Waals surface area contributed by atoms with E-state index in [1.165, 1.54) is 6.42 Å². The number of amides is 1. The molecule has 0 spiro atoms. The average molecular weight is 314 g/mol. The molecule has 23 heavy (non-hydrogen) atoms. The van der Waals surface area contributed by atoms with Crippen LogP contribution in [0.4, 0.5) is 0 Å². The summed E-state index contributed by atoms with van der Waals surface area (Å²) in [5.74, 6) is 1.25. The Bertz CT molecular complexity index is 641. The number of likely N-dealkylation sites (tertiary alicyclic amines) is 1. The summed E-state index contributed by atoms with van der Waals surface area (Å²) in [6, 6.07) is 4.06. The number of aromatic nitrogens is 3. The Morgan fingerprint density at radius 3 is 2.96 bits per heavy atom. The number of pyridine rings is 1. The molecule has 1 aliphatic rings. The fourth-order valence-electron chi connectivity index (χ4n) is 3.09. The van der Waals surface area contributed by atoms with Crippen molar-refractivity contribution < 1.29 is 9.32 Å². The van der Waals surface area contributed by atoms with Crippen molar-refractivity contribution in [3.05, 3.63) is 30.4 Å². The van der Waals surface area contributed by atoms with Crippen molar-refractivity contribution in [2.45, 2.75) is 51.5 Å². The number of hydrogen-bond donors (Lipinski definition) is 0. The maximum atomic E-state index is 12.4. The molecular weight excluding hydrogens is 292 g/mol. The van der Waals surface area contributed by atoms with Crippen molar-refractivity contribution in [1.82, 2.24) is 20.0 Å². The Morgan fingerprint density at radius 2 is 2.17 bits per heavy atom. The minimum absolute atomic E-state index is 0.195. The summed E-state index contributed by atoms with van der Waals surface area (Å²) in [6.45, 7) is 3.03. The largest absolute Gasteiger partial charge is 0.340 e. The third-order valence-corrected chi connectivity index (χ3v) is 4.38. The molecule has 1 saturated heterocycles. The van der Waals surface area contributed by atoms with Crippen molar-refractivity contribution in [3.8, 4) is 11.4 Å². The molecule has 6 heteroatoms. The number of carbonyl (C=O) groups is 1. The van der Waals surface area contributed by atoms with Crippen LogP contribution in [0.5, 0.6) is 0 Å². The van der Waals surface area contributed by atoms with Crippen LogP contribution in [0.3, 0.4) is 0 Å². The van der Waals surface area contributed by atoms with Gasteiger partial charge in [-0.1, -0.05) is 12.1 Å². The van der Waals surface area contributed by atoms with Gasteiger partial charge in [-0.05, 0) is 37.8 Å². The van der Waals surface area contributed by atoms with Crippen molar-refractivity contribution in [1.29, 1.82) is 0 Å². The van der Waals surface area contributed by atoms with Gasteiger partial charge in [-0.25, -0.2) is 0 Å². The lowest BCUT2D eigenvalue weighted by Crippen LogP contribution is -2.43. The third kappa shape index (κ3) is 3.75. The first-order chi connectivity index (χ1) is 11.3. The van der Waals surface area contributed by atoms with E-state index < -0.39 is 0 Å². The van der Waals surface area contributed by atoms with Crippen molar-refractivity contribution in [3.63, 3.8) is 0 Å². The quantitative estimate of drug-likeness (QED) is 0.848. The molecule has 0 unspecified atom stereocenters. The van der Waals surface area contributed by atoms with Gasteiger partial charge in [0.2, 0.25) is 17.6 Å². The predicted molar refractivity (Wildman–Crippen MR) is 85.5 cm³/mol. The second kappa shape index (κ2) is 7.35. The Morgan fingerprint density at radius 1 is 1.35 bits per heavy atom. The minimum atomic E-state index is 0.195. The highest BCUT2D eigenvalue weighted by Gasteiger charge is 2.25. The zero-order chi connectivity index (χ0) is 16.1. The summed E-state index contributed by atoms with van der Waals surface area (Å²) >= 11 is 0. The van der Waals surface area contributed by atoms with E-state index in [1.54, 1.807) is 12.4 Å². The van der Waals surface area contributed by atoms with Gasteiger partial charge in [-0.3, -0.25) is 9.78 Å². The fraction of sp³-hybridized carbons (Fsp3) is 0.529. The van der Waals surface area contributed by atoms with Gasteiger partial charge in [0.05, 0.1) is 0 Å². The van der Waals surface area contributed by atoms with Crippen LogP contribution in [0, 0.1) is 0 Å². The van der Waals surface area contributed by atoms with Crippen molar-refractivity contribution in [2.75, 3.05) is 6.54 Å². The molecular formula is C17H22N4O2. The normalized spacial score (nSPS) is 18.1. The fourth-order valence-corrected chi connectivity index (χ4v) is 3.09. The van der Waals surface area contributed by atoms with Gasteiger partial charge in [0.1, 0.15) is 0 Å². The SMILES string of the molecule is CC[C@@H]1CCCCN1C(=O)CCc1nc(-c2ccncc2)no1. The van der Waals surface area contributed by atoms with Gasteiger partial charge in [0.25, 0.3) is 0 Å². The topological polar surface area (TPSA) is 72.1 Å². The lowest BCUT2D eigenvalue weighted by atomic mass is 9.99. The van der Waals surface area contributed by atoms with Crippen LogP contribution in [-0.4, -0.2) is 38.5 Å². The number of rotatable bonds is 5. The van der Waals surface area contributed by atoms with Crippen LogP contribution in [0.25, 0.3) is 11.4 Å². The van der Waals surface area contributed by atoms with E-state index in [0.29, 0.717) is 30.6 Å². The maximum Gasteiger partial charge on any atom is 0.227 e. The summed E-state index contributed by atoms with van der Waals surface area (Å²) < 4.78 is 5.26. The Kier molecular flexibility index (Phi) is 5.00. The molecule has 0 N–H and O–H groups in total. The highest BCUT2D eigenvalue weighted by molar-refractivity contribution is 5.76. The first kappa shape index (κ1) is 15.6. The lowest BCUT2D eigenvalue weighted by Gasteiger charge is -2.35. The summed E-state index contributed by atoms with van der Waals surface area (Å²) in [5.41, 5.74) is 0.864. The molecule has 122 valence electrons. The molecule has 3 rings (SSSR count). The third-order valence-electron chi connectivity index (χ3n) is 4.38. The smallest absolute Gasteiger partial charge is 0.227 e. The van der Waals surface area contributed by atoms with Gasteiger partial charge in [0.15, 0.2) is 0 Å². The molecule has 0 aliphatic carbocycles. The number of nitrogens with zero attached hydrogens (tertiary/aromatic N) is 4. The van der Waals surface area contributed by atoms with Gasteiger partial charge < -0.3 is 9.42 Å². The molecule has 6 nitrogen and oxygen atoms in total. The second-order valence-corrected chi connectivity index (χ2v) is 5.89. The molecule has 0 saturated carbocycles. The predicted octanol–water partition coefficient (Wildman–Crippen LogP) is 2.86. The van der Waals surface area contributed by atoms with Gasteiger partial charge in [-0.15, -0.1) is 0 Å². The van der Waals surface area contributed by atoms with E-state index in [-0.39, 0.29) is 5.91 Å². The van der Waals surface area contributed by atoms with Gasteiger partial charge in [0, 0.05) is 43.4 Å². The minimum Gasteiger partial charge on any atom is -0.340 e. The molecule has 3 heterocycles. The van der Waals surface area contributed by atoms with Crippen LogP contribution in [0.15, 0.2) is 29.0 Å². The van der Waals surface area contributed by atoms with E-state index >= 15 is 0 Å². The highest BCUT2D eigenvalue weighted by atomic mass is 16.5. The summed E-state index contributed by atoms with van der Waals surface area (Å²) in [6.07, 6.45) is 8.77. The summed E-state index contributed by atoms with van der Waals surface area (Å²) in [4.78, 5) is 22.8. The van der Waals surface area contributed by atoms with E-state index in [9.17, 15) is 4.79 Å².